The average Bonchev–Trinajstić information content (AvgIpc) is 2.21. The van der Waals surface area contributed by atoms with Gasteiger partial charge in [-0.3, -0.25) is 4.79 Å². The predicted molar refractivity (Wildman–Crippen MR) is 65.1 cm³/mol. The van der Waals surface area contributed by atoms with Gasteiger partial charge in [0.2, 0.25) is 0 Å². The highest BCUT2D eigenvalue weighted by molar-refractivity contribution is 5.69. The van der Waals surface area contributed by atoms with Crippen LogP contribution in [0.25, 0.3) is 0 Å². The molecule has 3 N–H and O–H groups in total. The second-order valence-corrected chi connectivity index (χ2v) is 4.53. The second-order valence-electron chi connectivity index (χ2n) is 4.53. The predicted octanol–water partition coefficient (Wildman–Crippen LogP) is 2.56. The summed E-state index contributed by atoms with van der Waals surface area (Å²) in [4.78, 5) is 10.7. The number of aliphatic carboxylic acids is 1. The van der Waals surface area contributed by atoms with Gasteiger partial charge in [-0.2, -0.15) is 0 Å². The Bertz CT molecular complexity index is 345. The third kappa shape index (κ3) is 3.93. The maximum Gasteiger partial charge on any atom is 0.306 e. The Hall–Kier alpha value is -1.51. The molecule has 0 fully saturated rings. The van der Waals surface area contributed by atoms with Gasteiger partial charge in [0.15, 0.2) is 0 Å². The van der Waals surface area contributed by atoms with Crippen LogP contribution in [0.2, 0.25) is 0 Å². The van der Waals surface area contributed by atoms with E-state index >= 15 is 0 Å². The van der Waals surface area contributed by atoms with Crippen molar-refractivity contribution in [1.29, 1.82) is 0 Å². The zero-order valence-corrected chi connectivity index (χ0v) is 9.81. The summed E-state index contributed by atoms with van der Waals surface area (Å²) >= 11 is 0. The van der Waals surface area contributed by atoms with E-state index in [1.54, 1.807) is 6.92 Å². The van der Waals surface area contributed by atoms with Gasteiger partial charge in [0.05, 0.1) is 5.92 Å². The third-order valence-electron chi connectivity index (χ3n) is 2.74. The van der Waals surface area contributed by atoms with Gasteiger partial charge >= 0.3 is 5.97 Å². The van der Waals surface area contributed by atoms with E-state index in [4.69, 9.17) is 10.8 Å². The highest BCUT2D eigenvalue weighted by Gasteiger charge is 2.15. The minimum atomic E-state index is -0.718. The fourth-order valence-electron chi connectivity index (χ4n) is 1.84. The Morgan fingerprint density at radius 3 is 2.38 bits per heavy atom. The number of nitrogens with two attached hydrogens (primary N) is 1. The van der Waals surface area contributed by atoms with Crippen molar-refractivity contribution in [2.45, 2.75) is 26.7 Å². The largest absolute Gasteiger partial charge is 0.481 e. The molecule has 0 saturated heterocycles. The van der Waals surface area contributed by atoms with Crippen LogP contribution in [0.1, 0.15) is 25.8 Å². The zero-order chi connectivity index (χ0) is 12.1. The molecule has 0 spiro atoms. The maximum absolute atomic E-state index is 10.7. The van der Waals surface area contributed by atoms with E-state index in [1.165, 1.54) is 5.56 Å². The molecule has 1 aromatic carbocycles. The van der Waals surface area contributed by atoms with E-state index < -0.39 is 5.97 Å². The van der Waals surface area contributed by atoms with E-state index in [-0.39, 0.29) is 5.92 Å². The highest BCUT2D eigenvalue weighted by Crippen LogP contribution is 2.18. The van der Waals surface area contributed by atoms with E-state index in [9.17, 15) is 4.79 Å². The highest BCUT2D eigenvalue weighted by atomic mass is 16.4. The number of carbonyl (C=O) groups is 1. The van der Waals surface area contributed by atoms with E-state index in [2.05, 4.69) is 6.92 Å². The first-order chi connectivity index (χ1) is 7.49. The summed E-state index contributed by atoms with van der Waals surface area (Å²) in [6.07, 6.45) is 1.61. The van der Waals surface area contributed by atoms with Crippen LogP contribution in [0, 0.1) is 11.8 Å². The zero-order valence-electron chi connectivity index (χ0n) is 9.81. The van der Waals surface area contributed by atoms with Crippen LogP contribution in [0.15, 0.2) is 24.3 Å². The van der Waals surface area contributed by atoms with Crippen molar-refractivity contribution in [3.05, 3.63) is 29.8 Å². The van der Waals surface area contributed by atoms with Gasteiger partial charge < -0.3 is 10.8 Å². The second kappa shape index (κ2) is 5.54. The van der Waals surface area contributed by atoms with Crippen LogP contribution in [-0.2, 0) is 11.2 Å². The van der Waals surface area contributed by atoms with Gasteiger partial charge in [0, 0.05) is 5.69 Å². The van der Waals surface area contributed by atoms with Gasteiger partial charge in [-0.1, -0.05) is 26.0 Å². The van der Waals surface area contributed by atoms with Crippen molar-refractivity contribution in [2.24, 2.45) is 11.8 Å². The number of rotatable bonds is 5. The topological polar surface area (TPSA) is 63.3 Å². The Kier molecular flexibility index (Phi) is 4.35. The summed E-state index contributed by atoms with van der Waals surface area (Å²) in [6.45, 7) is 3.83. The van der Waals surface area contributed by atoms with E-state index in [0.29, 0.717) is 12.3 Å². The smallest absolute Gasteiger partial charge is 0.306 e. The molecular weight excluding hydrogens is 202 g/mol. The molecule has 0 amide bonds. The van der Waals surface area contributed by atoms with Crippen LogP contribution in [0.4, 0.5) is 5.69 Å². The number of benzene rings is 1. The molecule has 0 heterocycles. The molecule has 16 heavy (non-hydrogen) atoms. The van der Waals surface area contributed by atoms with Crippen molar-refractivity contribution in [2.75, 3.05) is 5.73 Å². The summed E-state index contributed by atoms with van der Waals surface area (Å²) < 4.78 is 0. The minimum Gasteiger partial charge on any atom is -0.481 e. The summed E-state index contributed by atoms with van der Waals surface area (Å²) in [6, 6.07) is 7.75. The Morgan fingerprint density at radius 1 is 1.31 bits per heavy atom. The molecule has 0 aliphatic heterocycles. The quantitative estimate of drug-likeness (QED) is 0.751. The molecule has 88 valence electrons. The fraction of sp³-hybridized carbons (Fsp3) is 0.462. The van der Waals surface area contributed by atoms with Crippen LogP contribution in [-0.4, -0.2) is 11.1 Å². The lowest BCUT2D eigenvalue weighted by Crippen LogP contribution is -2.14. The van der Waals surface area contributed by atoms with Crippen molar-refractivity contribution in [3.8, 4) is 0 Å². The lowest BCUT2D eigenvalue weighted by atomic mass is 9.92. The van der Waals surface area contributed by atoms with E-state index in [0.717, 1.165) is 12.1 Å². The van der Waals surface area contributed by atoms with E-state index in [1.807, 2.05) is 24.3 Å². The van der Waals surface area contributed by atoms with Gasteiger partial charge in [0.25, 0.3) is 0 Å². The number of carboxylic acid groups (broad SMARTS) is 1. The molecule has 2 unspecified atom stereocenters. The molecule has 3 heteroatoms. The number of anilines is 1. The van der Waals surface area contributed by atoms with Crippen molar-refractivity contribution in [1.82, 2.24) is 0 Å². The van der Waals surface area contributed by atoms with Crippen molar-refractivity contribution < 1.29 is 9.90 Å². The molecule has 1 aromatic rings. The van der Waals surface area contributed by atoms with Gasteiger partial charge in [-0.15, -0.1) is 0 Å². The first-order valence-electron chi connectivity index (χ1n) is 5.56. The molecule has 0 radical (unpaired) electrons. The molecule has 3 nitrogen and oxygen atoms in total. The Morgan fingerprint density at radius 2 is 1.88 bits per heavy atom. The maximum atomic E-state index is 10.7. The lowest BCUT2D eigenvalue weighted by Gasteiger charge is -2.14. The average molecular weight is 221 g/mol. The van der Waals surface area contributed by atoms with Crippen LogP contribution in [0.3, 0.4) is 0 Å². The van der Waals surface area contributed by atoms with Crippen LogP contribution < -0.4 is 5.73 Å². The molecule has 0 aliphatic carbocycles. The van der Waals surface area contributed by atoms with Crippen LogP contribution >= 0.6 is 0 Å². The normalized spacial score (nSPS) is 14.4. The monoisotopic (exact) mass is 221 g/mol. The minimum absolute atomic E-state index is 0.274. The van der Waals surface area contributed by atoms with Gasteiger partial charge in [0.1, 0.15) is 0 Å². The summed E-state index contributed by atoms with van der Waals surface area (Å²) in [7, 11) is 0. The summed E-state index contributed by atoms with van der Waals surface area (Å²) in [5.41, 5.74) is 7.57. The third-order valence-corrected chi connectivity index (χ3v) is 2.74. The number of carboxylic acids is 1. The molecule has 0 bridgehead atoms. The first kappa shape index (κ1) is 12.6. The Labute approximate surface area is 96.3 Å². The Balaban J connectivity index is 2.48. The van der Waals surface area contributed by atoms with Crippen LogP contribution in [0.5, 0.6) is 0 Å². The summed E-state index contributed by atoms with van der Waals surface area (Å²) in [5.74, 6) is -0.623. The van der Waals surface area contributed by atoms with Gasteiger partial charge in [-0.25, -0.2) is 0 Å². The van der Waals surface area contributed by atoms with Crippen molar-refractivity contribution in [3.63, 3.8) is 0 Å². The summed E-state index contributed by atoms with van der Waals surface area (Å²) in [5, 5.41) is 8.82. The molecule has 0 saturated carbocycles. The number of nitrogen functional groups attached to an aromatic ring is 1. The standard InChI is InChI=1S/C13H19NO2/c1-9(7-10(2)13(15)16)8-11-3-5-12(14)6-4-11/h3-6,9-10H,7-8,14H2,1-2H3,(H,15,16). The van der Waals surface area contributed by atoms with Crippen molar-refractivity contribution >= 4 is 11.7 Å². The SMILES string of the molecule is CC(Cc1ccc(N)cc1)CC(C)C(=O)O. The number of hydrogen-bond acceptors (Lipinski definition) is 2. The molecule has 0 aromatic heterocycles. The number of hydrogen-bond donors (Lipinski definition) is 2. The fourth-order valence-corrected chi connectivity index (χ4v) is 1.84. The van der Waals surface area contributed by atoms with Gasteiger partial charge in [-0.05, 0) is 36.5 Å². The molecular formula is C13H19NO2. The lowest BCUT2D eigenvalue weighted by molar-refractivity contribution is -0.141. The first-order valence-corrected chi connectivity index (χ1v) is 5.56. The molecule has 1 rings (SSSR count). The molecule has 0 aliphatic rings. The molecule has 2 atom stereocenters.